The number of hydrogen-bond acceptors (Lipinski definition) is 2. The van der Waals surface area contributed by atoms with Crippen molar-refractivity contribution in [3.05, 3.63) is 29.8 Å². The Bertz CT molecular complexity index is 474. The third kappa shape index (κ3) is 2.66. The average Bonchev–Trinajstić information content (AvgIpc) is 3.02. The van der Waals surface area contributed by atoms with Crippen molar-refractivity contribution in [2.24, 2.45) is 11.8 Å². The molecule has 2 bridgehead atoms. The van der Waals surface area contributed by atoms with E-state index in [0.717, 1.165) is 28.0 Å². The highest BCUT2D eigenvalue weighted by molar-refractivity contribution is 7.99. The Hall–Kier alpha value is -0.960. The van der Waals surface area contributed by atoms with Crippen molar-refractivity contribution in [1.29, 1.82) is 0 Å². The van der Waals surface area contributed by atoms with Crippen LogP contribution in [0.4, 0.5) is 0 Å². The van der Waals surface area contributed by atoms with Crippen molar-refractivity contribution >= 4 is 17.7 Å². The Labute approximate surface area is 119 Å². The zero-order valence-electron chi connectivity index (χ0n) is 11.4. The van der Waals surface area contributed by atoms with Gasteiger partial charge in [-0.3, -0.25) is 4.79 Å². The van der Waals surface area contributed by atoms with Crippen LogP contribution in [0, 0.1) is 11.8 Å². The second-order valence-electron chi connectivity index (χ2n) is 5.68. The van der Waals surface area contributed by atoms with Gasteiger partial charge in [0.1, 0.15) is 0 Å². The molecule has 0 saturated heterocycles. The molecule has 2 nitrogen and oxygen atoms in total. The van der Waals surface area contributed by atoms with E-state index < -0.39 is 0 Å². The van der Waals surface area contributed by atoms with Crippen LogP contribution in [0.1, 0.15) is 43.0 Å². The smallest absolute Gasteiger partial charge is 0.252 e. The molecule has 2 saturated carbocycles. The fourth-order valence-corrected chi connectivity index (χ4v) is 4.41. The Morgan fingerprint density at radius 3 is 2.84 bits per heavy atom. The molecule has 3 atom stereocenters. The number of nitrogens with one attached hydrogen (secondary N) is 1. The summed E-state index contributed by atoms with van der Waals surface area (Å²) in [5.41, 5.74) is 0.845. The van der Waals surface area contributed by atoms with Crippen LogP contribution in [0.5, 0.6) is 0 Å². The lowest BCUT2D eigenvalue weighted by atomic mass is 9.95. The summed E-state index contributed by atoms with van der Waals surface area (Å²) in [6.07, 6.45) is 5.20. The molecule has 3 rings (SSSR count). The van der Waals surface area contributed by atoms with Gasteiger partial charge in [0.25, 0.3) is 5.91 Å². The average molecular weight is 275 g/mol. The topological polar surface area (TPSA) is 29.1 Å². The minimum atomic E-state index is 0.120. The molecule has 2 aliphatic carbocycles. The van der Waals surface area contributed by atoms with E-state index in [1.165, 1.54) is 25.7 Å². The van der Waals surface area contributed by atoms with Crippen molar-refractivity contribution in [1.82, 2.24) is 5.32 Å². The van der Waals surface area contributed by atoms with E-state index in [-0.39, 0.29) is 5.91 Å². The monoisotopic (exact) mass is 275 g/mol. The minimum absolute atomic E-state index is 0.120. The van der Waals surface area contributed by atoms with Crippen LogP contribution < -0.4 is 5.32 Å². The number of thioether (sulfide) groups is 1. The van der Waals surface area contributed by atoms with Crippen LogP contribution in [-0.4, -0.2) is 17.7 Å². The molecule has 0 spiro atoms. The van der Waals surface area contributed by atoms with E-state index in [0.29, 0.717) is 6.04 Å². The van der Waals surface area contributed by atoms with Gasteiger partial charge in [-0.05, 0) is 49.0 Å². The molecule has 1 aromatic rings. The van der Waals surface area contributed by atoms with Crippen LogP contribution in [0.3, 0.4) is 0 Å². The molecule has 0 unspecified atom stereocenters. The molecular weight excluding hydrogens is 254 g/mol. The second kappa shape index (κ2) is 5.58. The van der Waals surface area contributed by atoms with Crippen molar-refractivity contribution in [2.45, 2.75) is 43.5 Å². The standard InChI is InChI=1S/C16H21NOS/c1-2-19-15-6-4-3-5-13(15)16(18)17-14-10-11-7-8-12(14)9-11/h3-6,11-12,14H,2,7-10H2,1H3,(H,17,18)/t11-,12-,14+/m1/s1. The molecule has 0 radical (unpaired) electrons. The largest absolute Gasteiger partial charge is 0.349 e. The summed E-state index contributed by atoms with van der Waals surface area (Å²) in [6.45, 7) is 2.12. The fourth-order valence-electron chi connectivity index (χ4n) is 3.60. The molecule has 102 valence electrons. The van der Waals surface area contributed by atoms with Crippen LogP contribution in [0.25, 0.3) is 0 Å². The quantitative estimate of drug-likeness (QED) is 0.849. The van der Waals surface area contributed by atoms with Crippen LogP contribution in [0.2, 0.25) is 0 Å². The van der Waals surface area contributed by atoms with Crippen molar-refractivity contribution in [3.63, 3.8) is 0 Å². The van der Waals surface area contributed by atoms with Gasteiger partial charge in [0.2, 0.25) is 0 Å². The molecule has 19 heavy (non-hydrogen) atoms. The highest BCUT2D eigenvalue weighted by Gasteiger charge is 2.40. The van der Waals surface area contributed by atoms with E-state index in [1.807, 2.05) is 24.3 Å². The van der Waals surface area contributed by atoms with Gasteiger partial charge in [-0.25, -0.2) is 0 Å². The van der Waals surface area contributed by atoms with Crippen molar-refractivity contribution in [3.8, 4) is 0 Å². The lowest BCUT2D eigenvalue weighted by Crippen LogP contribution is -2.38. The van der Waals surface area contributed by atoms with E-state index >= 15 is 0 Å². The van der Waals surface area contributed by atoms with Gasteiger partial charge in [-0.1, -0.05) is 25.5 Å². The maximum atomic E-state index is 12.4. The lowest BCUT2D eigenvalue weighted by molar-refractivity contribution is 0.0920. The predicted octanol–water partition coefficient (Wildman–Crippen LogP) is 3.72. The number of hydrogen-bond donors (Lipinski definition) is 1. The summed E-state index contributed by atoms with van der Waals surface area (Å²) in [5.74, 6) is 2.72. The van der Waals surface area contributed by atoms with Crippen molar-refractivity contribution in [2.75, 3.05) is 5.75 Å². The molecule has 3 heteroatoms. The zero-order valence-corrected chi connectivity index (χ0v) is 12.2. The van der Waals surface area contributed by atoms with Gasteiger partial charge in [0.05, 0.1) is 5.56 Å². The lowest BCUT2D eigenvalue weighted by Gasteiger charge is -2.23. The number of rotatable bonds is 4. The molecule has 0 heterocycles. The summed E-state index contributed by atoms with van der Waals surface area (Å²) >= 11 is 1.74. The summed E-state index contributed by atoms with van der Waals surface area (Å²) in [6, 6.07) is 8.37. The highest BCUT2D eigenvalue weighted by Crippen LogP contribution is 2.44. The first kappa shape index (κ1) is 13.0. The maximum Gasteiger partial charge on any atom is 0.252 e. The van der Waals surface area contributed by atoms with Crippen LogP contribution >= 0.6 is 11.8 Å². The summed E-state index contributed by atoms with van der Waals surface area (Å²) < 4.78 is 0. The predicted molar refractivity (Wildman–Crippen MR) is 79.5 cm³/mol. The molecule has 2 fully saturated rings. The number of carbonyl (C=O) groups excluding carboxylic acids is 1. The normalized spacial score (nSPS) is 28.6. The van der Waals surface area contributed by atoms with Gasteiger partial charge in [0.15, 0.2) is 0 Å². The third-order valence-electron chi connectivity index (χ3n) is 4.49. The Morgan fingerprint density at radius 2 is 2.16 bits per heavy atom. The summed E-state index contributed by atoms with van der Waals surface area (Å²) in [5, 5.41) is 3.27. The molecule has 0 aromatic heterocycles. The first-order chi connectivity index (χ1) is 9.28. The van der Waals surface area contributed by atoms with Gasteiger partial charge >= 0.3 is 0 Å². The first-order valence-corrected chi connectivity index (χ1v) is 8.29. The molecular formula is C16H21NOS. The zero-order chi connectivity index (χ0) is 13.2. The molecule has 2 aliphatic rings. The van der Waals surface area contributed by atoms with E-state index in [9.17, 15) is 4.79 Å². The minimum Gasteiger partial charge on any atom is -0.349 e. The number of carbonyl (C=O) groups is 1. The first-order valence-electron chi connectivity index (χ1n) is 7.30. The number of amides is 1. The summed E-state index contributed by atoms with van der Waals surface area (Å²) in [7, 11) is 0. The second-order valence-corrected chi connectivity index (χ2v) is 6.99. The Kier molecular flexibility index (Phi) is 3.83. The van der Waals surface area contributed by atoms with E-state index in [2.05, 4.69) is 12.2 Å². The SMILES string of the molecule is CCSc1ccccc1C(=O)N[C@H]1C[C@@H]2CC[C@@H]1C2. The molecule has 0 aliphatic heterocycles. The van der Waals surface area contributed by atoms with Crippen LogP contribution in [0.15, 0.2) is 29.2 Å². The molecule has 1 amide bonds. The molecule has 1 N–H and O–H groups in total. The van der Waals surface area contributed by atoms with Crippen molar-refractivity contribution < 1.29 is 4.79 Å². The van der Waals surface area contributed by atoms with E-state index in [1.54, 1.807) is 11.8 Å². The van der Waals surface area contributed by atoms with Gasteiger partial charge in [-0.2, -0.15) is 0 Å². The van der Waals surface area contributed by atoms with E-state index in [4.69, 9.17) is 0 Å². The van der Waals surface area contributed by atoms with Gasteiger partial charge < -0.3 is 5.32 Å². The summed E-state index contributed by atoms with van der Waals surface area (Å²) in [4.78, 5) is 13.6. The number of benzene rings is 1. The van der Waals surface area contributed by atoms with Gasteiger partial charge in [0, 0.05) is 10.9 Å². The third-order valence-corrected chi connectivity index (χ3v) is 5.44. The maximum absolute atomic E-state index is 12.4. The number of fused-ring (bicyclic) bond motifs is 2. The Morgan fingerprint density at radius 1 is 1.32 bits per heavy atom. The highest BCUT2D eigenvalue weighted by atomic mass is 32.2. The van der Waals surface area contributed by atoms with Gasteiger partial charge in [-0.15, -0.1) is 11.8 Å². The molecule has 1 aromatic carbocycles. The van der Waals surface area contributed by atoms with Crippen LogP contribution in [-0.2, 0) is 0 Å². The Balaban J connectivity index is 1.70. The fraction of sp³-hybridized carbons (Fsp3) is 0.562.